The van der Waals surface area contributed by atoms with E-state index in [1.165, 1.54) is 76.4 Å². The molecule has 1 unspecified atom stereocenters. The molecule has 4 aromatic rings. The van der Waals surface area contributed by atoms with Gasteiger partial charge in [0.25, 0.3) is 0 Å². The lowest BCUT2D eigenvalue weighted by Gasteiger charge is -2.14. The van der Waals surface area contributed by atoms with Gasteiger partial charge in [-0.2, -0.15) is 0 Å². The highest BCUT2D eigenvalue weighted by atomic mass is 16.5. The number of benzene rings is 4. The van der Waals surface area contributed by atoms with Crippen LogP contribution in [0.15, 0.2) is 54.6 Å². The number of aryl methyl sites for hydroxylation is 1. The van der Waals surface area contributed by atoms with Crippen molar-refractivity contribution in [3.8, 4) is 0 Å². The number of hydrogen-bond acceptors (Lipinski definition) is 3. The van der Waals surface area contributed by atoms with Gasteiger partial charge in [-0.1, -0.05) is 86.7 Å². The van der Waals surface area contributed by atoms with E-state index in [0.717, 1.165) is 12.8 Å². The predicted octanol–water partition coefficient (Wildman–Crippen LogP) is 6.23. The molecule has 2 N–H and O–H groups in total. The quantitative estimate of drug-likeness (QED) is 0.200. The molecule has 0 aliphatic carbocycles. The van der Waals surface area contributed by atoms with Crippen molar-refractivity contribution in [3.05, 3.63) is 60.2 Å². The Bertz CT molecular complexity index is 1070. The van der Waals surface area contributed by atoms with Crippen LogP contribution in [0, 0.1) is 0 Å². The van der Waals surface area contributed by atoms with E-state index in [4.69, 9.17) is 9.84 Å². The Morgan fingerprint density at radius 2 is 1.29 bits per heavy atom. The van der Waals surface area contributed by atoms with Crippen LogP contribution in [0.1, 0.15) is 50.5 Å². The second-order valence-electron chi connectivity index (χ2n) is 8.72. The number of ether oxygens (including phenoxy) is 1. The molecule has 0 amide bonds. The van der Waals surface area contributed by atoms with Crippen LogP contribution in [0.2, 0.25) is 0 Å². The molecule has 0 spiro atoms. The van der Waals surface area contributed by atoms with Crippen molar-refractivity contribution in [2.45, 2.75) is 57.5 Å². The molecular formula is C28H34O3. The van der Waals surface area contributed by atoms with Gasteiger partial charge in [-0.05, 0) is 57.1 Å². The zero-order valence-electron chi connectivity index (χ0n) is 18.4. The van der Waals surface area contributed by atoms with E-state index in [9.17, 15) is 5.11 Å². The van der Waals surface area contributed by atoms with Gasteiger partial charge >= 0.3 is 0 Å². The van der Waals surface area contributed by atoms with Gasteiger partial charge in [0.2, 0.25) is 0 Å². The molecule has 0 aromatic heterocycles. The Labute approximate surface area is 185 Å². The van der Waals surface area contributed by atoms with Crippen LogP contribution >= 0.6 is 0 Å². The summed E-state index contributed by atoms with van der Waals surface area (Å²) < 4.78 is 5.35. The summed E-state index contributed by atoms with van der Waals surface area (Å²) in [6.07, 6.45) is 8.93. The minimum Gasteiger partial charge on any atom is -0.394 e. The van der Waals surface area contributed by atoms with Gasteiger partial charge in [-0.3, -0.25) is 0 Å². The molecule has 4 aromatic carbocycles. The molecule has 0 aliphatic heterocycles. The number of aliphatic hydroxyl groups is 2. The van der Waals surface area contributed by atoms with Crippen LogP contribution < -0.4 is 0 Å². The van der Waals surface area contributed by atoms with Gasteiger partial charge in [0.05, 0.1) is 13.2 Å². The zero-order valence-corrected chi connectivity index (χ0v) is 18.4. The van der Waals surface area contributed by atoms with Crippen LogP contribution in [0.3, 0.4) is 0 Å². The minimum absolute atomic E-state index is 0.228. The first kappa shape index (κ1) is 22.0. The van der Waals surface area contributed by atoms with Crippen molar-refractivity contribution in [2.75, 3.05) is 19.8 Å². The molecule has 0 fully saturated rings. The van der Waals surface area contributed by atoms with Crippen LogP contribution in [0.25, 0.3) is 32.3 Å². The topological polar surface area (TPSA) is 49.7 Å². The maximum atomic E-state index is 9.22. The Morgan fingerprint density at radius 1 is 0.677 bits per heavy atom. The van der Waals surface area contributed by atoms with E-state index in [1.54, 1.807) is 0 Å². The van der Waals surface area contributed by atoms with E-state index >= 15 is 0 Å². The zero-order chi connectivity index (χ0) is 21.5. The molecule has 164 valence electrons. The molecule has 0 aliphatic rings. The average molecular weight is 419 g/mol. The number of hydrogen-bond donors (Lipinski definition) is 2. The van der Waals surface area contributed by atoms with Gasteiger partial charge in [-0.15, -0.1) is 0 Å². The summed E-state index contributed by atoms with van der Waals surface area (Å²) in [5, 5.41) is 26.2. The lowest BCUT2D eigenvalue weighted by Crippen LogP contribution is -2.19. The number of aliphatic hydroxyl groups excluding tert-OH is 2. The molecule has 0 radical (unpaired) electrons. The standard InChI is InChI=1S/C28H34O3/c29-19-25(30)20-31-18-7-5-3-1-2-4-6-9-21-12-13-24-15-14-22-10-8-11-23-16-17-26(21)28(24)27(22)23/h8,10-17,25,29-30H,1-7,9,18-20H2. The number of unbranched alkanes of at least 4 members (excludes halogenated alkanes) is 6. The second kappa shape index (κ2) is 10.9. The molecule has 3 nitrogen and oxygen atoms in total. The Morgan fingerprint density at radius 3 is 2.03 bits per heavy atom. The molecular weight excluding hydrogens is 384 g/mol. The van der Waals surface area contributed by atoms with Gasteiger partial charge < -0.3 is 14.9 Å². The Hall–Kier alpha value is -2.20. The van der Waals surface area contributed by atoms with Crippen molar-refractivity contribution in [1.82, 2.24) is 0 Å². The van der Waals surface area contributed by atoms with E-state index in [2.05, 4.69) is 54.6 Å². The normalized spacial score (nSPS) is 13.0. The third-order valence-corrected chi connectivity index (χ3v) is 6.37. The monoisotopic (exact) mass is 418 g/mol. The Balaban J connectivity index is 1.22. The highest BCUT2D eigenvalue weighted by Crippen LogP contribution is 2.36. The fourth-order valence-electron chi connectivity index (χ4n) is 4.69. The molecule has 3 heteroatoms. The lowest BCUT2D eigenvalue weighted by molar-refractivity contribution is 0.00526. The second-order valence-corrected chi connectivity index (χ2v) is 8.72. The summed E-state index contributed by atoms with van der Waals surface area (Å²) in [4.78, 5) is 0. The van der Waals surface area contributed by atoms with E-state index in [1.807, 2.05) is 0 Å². The van der Waals surface area contributed by atoms with Crippen molar-refractivity contribution >= 4 is 32.3 Å². The average Bonchev–Trinajstić information content (AvgIpc) is 2.81. The molecule has 0 bridgehead atoms. The highest BCUT2D eigenvalue weighted by molar-refractivity contribution is 6.23. The summed E-state index contributed by atoms with van der Waals surface area (Å²) in [6.45, 7) is 0.680. The highest BCUT2D eigenvalue weighted by Gasteiger charge is 2.10. The predicted molar refractivity (Wildman–Crippen MR) is 130 cm³/mol. The molecule has 0 heterocycles. The smallest absolute Gasteiger partial charge is 0.100 e. The first-order valence-corrected chi connectivity index (χ1v) is 11.8. The third-order valence-electron chi connectivity index (χ3n) is 6.37. The summed E-state index contributed by atoms with van der Waals surface area (Å²) in [6, 6.07) is 20.3. The first-order chi connectivity index (χ1) is 15.3. The first-order valence-electron chi connectivity index (χ1n) is 11.8. The van der Waals surface area contributed by atoms with Crippen molar-refractivity contribution < 1.29 is 14.9 Å². The fourth-order valence-corrected chi connectivity index (χ4v) is 4.69. The molecule has 1 atom stereocenters. The maximum Gasteiger partial charge on any atom is 0.100 e. The van der Waals surface area contributed by atoms with Crippen LogP contribution in [0.5, 0.6) is 0 Å². The van der Waals surface area contributed by atoms with Gasteiger partial charge in [-0.25, -0.2) is 0 Å². The van der Waals surface area contributed by atoms with Crippen LogP contribution in [-0.4, -0.2) is 36.1 Å². The molecule has 31 heavy (non-hydrogen) atoms. The van der Waals surface area contributed by atoms with Gasteiger partial charge in [0.15, 0.2) is 0 Å². The lowest BCUT2D eigenvalue weighted by atomic mass is 9.90. The molecule has 0 saturated heterocycles. The van der Waals surface area contributed by atoms with Crippen molar-refractivity contribution in [3.63, 3.8) is 0 Å². The summed E-state index contributed by atoms with van der Waals surface area (Å²) in [5.74, 6) is 0. The molecule has 4 rings (SSSR count). The van der Waals surface area contributed by atoms with E-state index in [-0.39, 0.29) is 13.2 Å². The van der Waals surface area contributed by atoms with Crippen LogP contribution in [-0.2, 0) is 11.2 Å². The SMILES string of the molecule is OCC(O)COCCCCCCCCCc1ccc2ccc3cccc4ccc1c2c34. The largest absolute Gasteiger partial charge is 0.394 e. The minimum atomic E-state index is -0.742. The fraction of sp³-hybridized carbons (Fsp3) is 0.429. The summed E-state index contributed by atoms with van der Waals surface area (Å²) >= 11 is 0. The Kier molecular flexibility index (Phi) is 7.74. The third kappa shape index (κ3) is 5.35. The van der Waals surface area contributed by atoms with Gasteiger partial charge in [0, 0.05) is 6.61 Å². The summed E-state index contributed by atoms with van der Waals surface area (Å²) in [5.41, 5.74) is 1.48. The van der Waals surface area contributed by atoms with Crippen molar-refractivity contribution in [2.24, 2.45) is 0 Å². The molecule has 0 saturated carbocycles. The number of rotatable bonds is 13. The summed E-state index contributed by atoms with van der Waals surface area (Å²) in [7, 11) is 0. The van der Waals surface area contributed by atoms with E-state index in [0.29, 0.717) is 6.61 Å². The maximum absolute atomic E-state index is 9.22. The van der Waals surface area contributed by atoms with Crippen molar-refractivity contribution in [1.29, 1.82) is 0 Å². The van der Waals surface area contributed by atoms with Gasteiger partial charge in [0.1, 0.15) is 6.10 Å². The van der Waals surface area contributed by atoms with E-state index < -0.39 is 6.10 Å². The van der Waals surface area contributed by atoms with Crippen LogP contribution in [0.4, 0.5) is 0 Å².